The Bertz CT molecular complexity index is 443. The Morgan fingerprint density at radius 3 is 3.06 bits per heavy atom. The second-order valence-electron chi connectivity index (χ2n) is 5.77. The van der Waals surface area contributed by atoms with Gasteiger partial charge in [0.15, 0.2) is 0 Å². The smallest absolute Gasteiger partial charge is 0.115 e. The predicted octanol–water partition coefficient (Wildman–Crippen LogP) is 2.69. The zero-order valence-electron chi connectivity index (χ0n) is 10.7. The summed E-state index contributed by atoms with van der Waals surface area (Å²) in [5.74, 6) is 0.425. The van der Waals surface area contributed by atoms with E-state index in [1.807, 2.05) is 12.1 Å². The van der Waals surface area contributed by atoms with E-state index in [2.05, 4.69) is 24.9 Å². The van der Waals surface area contributed by atoms with Crippen molar-refractivity contribution >= 4 is 0 Å². The van der Waals surface area contributed by atoms with Gasteiger partial charge >= 0.3 is 0 Å². The molecule has 2 aliphatic rings. The molecule has 1 aromatic carbocycles. The molecule has 1 unspecified atom stereocenters. The van der Waals surface area contributed by atoms with Crippen LogP contribution in [0.25, 0.3) is 0 Å². The van der Waals surface area contributed by atoms with Crippen molar-refractivity contribution in [2.75, 3.05) is 13.6 Å². The van der Waals surface area contributed by atoms with Gasteiger partial charge in [-0.2, -0.15) is 0 Å². The van der Waals surface area contributed by atoms with Crippen LogP contribution >= 0.6 is 0 Å². The Labute approximate surface area is 103 Å². The van der Waals surface area contributed by atoms with Gasteiger partial charge in [0.25, 0.3) is 0 Å². The molecule has 92 valence electrons. The number of piperidine rings is 1. The lowest BCUT2D eigenvalue weighted by Gasteiger charge is -2.50. The minimum atomic E-state index is 0.323. The molecule has 2 bridgehead atoms. The Morgan fingerprint density at radius 1 is 1.47 bits per heavy atom. The lowest BCUT2D eigenvalue weighted by atomic mass is 9.62. The summed E-state index contributed by atoms with van der Waals surface area (Å²) in [6.07, 6.45) is 4.82. The molecule has 3 rings (SSSR count). The van der Waals surface area contributed by atoms with Crippen LogP contribution < -0.4 is 0 Å². The zero-order valence-corrected chi connectivity index (χ0v) is 10.7. The predicted molar refractivity (Wildman–Crippen MR) is 69.4 cm³/mol. The Morgan fingerprint density at radius 2 is 2.29 bits per heavy atom. The number of nitrogens with zero attached hydrogens (tertiary/aromatic N) is 1. The molecule has 2 nitrogen and oxygen atoms in total. The molecule has 1 fully saturated rings. The summed E-state index contributed by atoms with van der Waals surface area (Å²) >= 11 is 0. The van der Waals surface area contributed by atoms with Gasteiger partial charge in [0.05, 0.1) is 0 Å². The fraction of sp³-hybridized carbons (Fsp3) is 0.600. The molecule has 0 radical (unpaired) electrons. The molecular weight excluding hydrogens is 210 g/mol. The molecule has 1 aliphatic heterocycles. The Hall–Kier alpha value is -1.02. The molecular formula is C15H21NO. The molecule has 0 spiro atoms. The quantitative estimate of drug-likeness (QED) is 0.803. The monoisotopic (exact) mass is 231 g/mol. The number of phenolic OH excluding ortho intramolecular Hbond substituents is 1. The molecule has 0 aromatic heterocycles. The first kappa shape index (κ1) is 11.1. The molecule has 2 atom stereocenters. The maximum absolute atomic E-state index is 9.74. The minimum absolute atomic E-state index is 0.323. The minimum Gasteiger partial charge on any atom is -0.508 e. The third-order valence-corrected chi connectivity index (χ3v) is 4.99. The lowest BCUT2D eigenvalue weighted by Crippen LogP contribution is -2.51. The van der Waals surface area contributed by atoms with Gasteiger partial charge in [0.2, 0.25) is 0 Å². The number of aromatic hydroxyl groups is 1. The van der Waals surface area contributed by atoms with E-state index >= 15 is 0 Å². The molecule has 1 heterocycles. The van der Waals surface area contributed by atoms with Crippen molar-refractivity contribution in [1.82, 2.24) is 4.90 Å². The van der Waals surface area contributed by atoms with Crippen molar-refractivity contribution in [2.24, 2.45) is 0 Å². The summed E-state index contributed by atoms with van der Waals surface area (Å²) in [7, 11) is 2.25. The Kier molecular flexibility index (Phi) is 2.44. The van der Waals surface area contributed by atoms with Crippen molar-refractivity contribution in [2.45, 2.75) is 44.1 Å². The molecule has 0 saturated carbocycles. The summed E-state index contributed by atoms with van der Waals surface area (Å²) in [5, 5.41) is 9.74. The largest absolute Gasteiger partial charge is 0.508 e. The number of phenols is 1. The van der Waals surface area contributed by atoms with Crippen LogP contribution in [0, 0.1) is 0 Å². The second kappa shape index (κ2) is 3.74. The number of benzene rings is 1. The number of likely N-dealkylation sites (N-methyl/N-ethyl adjacent to an activating group) is 1. The summed E-state index contributed by atoms with van der Waals surface area (Å²) in [6.45, 7) is 3.48. The van der Waals surface area contributed by atoms with Gasteiger partial charge in [0.1, 0.15) is 5.75 Å². The molecule has 2 heteroatoms. The maximum Gasteiger partial charge on any atom is 0.115 e. The topological polar surface area (TPSA) is 23.5 Å². The van der Waals surface area contributed by atoms with Crippen LogP contribution in [-0.4, -0.2) is 29.6 Å². The fourth-order valence-electron chi connectivity index (χ4n) is 3.76. The van der Waals surface area contributed by atoms with Gasteiger partial charge in [0, 0.05) is 6.04 Å². The van der Waals surface area contributed by atoms with E-state index in [1.165, 1.54) is 36.9 Å². The number of hydrogen-bond acceptors (Lipinski definition) is 2. The van der Waals surface area contributed by atoms with Crippen LogP contribution in [0.5, 0.6) is 5.75 Å². The average Bonchev–Trinajstić information content (AvgIpc) is 2.35. The van der Waals surface area contributed by atoms with Gasteiger partial charge < -0.3 is 10.0 Å². The van der Waals surface area contributed by atoms with Crippen LogP contribution in [0.2, 0.25) is 0 Å². The van der Waals surface area contributed by atoms with Gasteiger partial charge in [-0.3, -0.25) is 0 Å². The second-order valence-corrected chi connectivity index (χ2v) is 5.77. The normalized spacial score (nSPS) is 32.2. The molecule has 1 N–H and O–H groups in total. The molecule has 1 saturated heterocycles. The fourth-order valence-corrected chi connectivity index (χ4v) is 3.76. The maximum atomic E-state index is 9.74. The van der Waals surface area contributed by atoms with E-state index in [9.17, 15) is 5.11 Å². The standard InChI is InChI=1S/C15H21NO/c1-3-15-6-7-16(2)12(10-15)8-11-4-5-13(17)9-14(11)15/h4-5,9,12,17H,3,6-8,10H2,1-2H3/t12?,15-/m1/s1. The van der Waals surface area contributed by atoms with Crippen molar-refractivity contribution in [3.63, 3.8) is 0 Å². The highest BCUT2D eigenvalue weighted by atomic mass is 16.3. The number of likely N-dealkylation sites (tertiary alicyclic amines) is 1. The van der Waals surface area contributed by atoms with Crippen LogP contribution in [0.1, 0.15) is 37.3 Å². The first-order valence-corrected chi connectivity index (χ1v) is 6.67. The molecule has 1 aromatic rings. The first-order chi connectivity index (χ1) is 8.14. The Balaban J connectivity index is 2.12. The highest BCUT2D eigenvalue weighted by Gasteiger charge is 2.43. The number of fused-ring (bicyclic) bond motifs is 4. The summed E-state index contributed by atoms with van der Waals surface area (Å²) in [5.41, 5.74) is 3.19. The van der Waals surface area contributed by atoms with E-state index in [0.29, 0.717) is 17.2 Å². The van der Waals surface area contributed by atoms with Crippen LogP contribution in [0.15, 0.2) is 18.2 Å². The SMILES string of the molecule is CC[C@]12CCN(C)C(Cc3ccc(O)cc31)C2. The highest BCUT2D eigenvalue weighted by Crippen LogP contribution is 2.47. The third kappa shape index (κ3) is 1.58. The first-order valence-electron chi connectivity index (χ1n) is 6.67. The third-order valence-electron chi connectivity index (χ3n) is 4.99. The van der Waals surface area contributed by atoms with Crippen molar-refractivity contribution in [1.29, 1.82) is 0 Å². The van der Waals surface area contributed by atoms with E-state index in [0.717, 1.165) is 6.42 Å². The van der Waals surface area contributed by atoms with Crippen LogP contribution in [0.3, 0.4) is 0 Å². The highest BCUT2D eigenvalue weighted by molar-refractivity contribution is 5.43. The van der Waals surface area contributed by atoms with Crippen molar-refractivity contribution in [3.8, 4) is 5.75 Å². The average molecular weight is 231 g/mol. The number of hydrogen-bond donors (Lipinski definition) is 1. The molecule has 1 aliphatic carbocycles. The molecule has 0 amide bonds. The molecule has 17 heavy (non-hydrogen) atoms. The van der Waals surface area contributed by atoms with E-state index in [4.69, 9.17) is 0 Å². The van der Waals surface area contributed by atoms with Gasteiger partial charge in [-0.25, -0.2) is 0 Å². The van der Waals surface area contributed by atoms with Crippen molar-refractivity contribution in [3.05, 3.63) is 29.3 Å². The van der Waals surface area contributed by atoms with Crippen LogP contribution in [0.4, 0.5) is 0 Å². The summed E-state index contributed by atoms with van der Waals surface area (Å²) < 4.78 is 0. The number of rotatable bonds is 1. The van der Waals surface area contributed by atoms with E-state index in [-0.39, 0.29) is 0 Å². The van der Waals surface area contributed by atoms with E-state index in [1.54, 1.807) is 0 Å². The lowest BCUT2D eigenvalue weighted by molar-refractivity contribution is 0.101. The van der Waals surface area contributed by atoms with Gasteiger partial charge in [-0.05, 0) is 68.0 Å². The van der Waals surface area contributed by atoms with Crippen LogP contribution in [-0.2, 0) is 11.8 Å². The zero-order chi connectivity index (χ0) is 12.0. The van der Waals surface area contributed by atoms with Gasteiger partial charge in [-0.1, -0.05) is 13.0 Å². The van der Waals surface area contributed by atoms with Crippen molar-refractivity contribution < 1.29 is 5.11 Å². The summed E-state index contributed by atoms with van der Waals surface area (Å²) in [6, 6.07) is 6.67. The van der Waals surface area contributed by atoms with Gasteiger partial charge in [-0.15, -0.1) is 0 Å². The van der Waals surface area contributed by atoms with E-state index < -0.39 is 0 Å². The summed E-state index contributed by atoms with van der Waals surface area (Å²) in [4.78, 5) is 2.50.